The van der Waals surface area contributed by atoms with E-state index in [0.29, 0.717) is 11.4 Å². The first-order chi connectivity index (χ1) is 8.56. The lowest BCUT2D eigenvalue weighted by molar-refractivity contribution is 0.102. The van der Waals surface area contributed by atoms with E-state index >= 15 is 0 Å². The summed E-state index contributed by atoms with van der Waals surface area (Å²) in [6.07, 6.45) is 0. The predicted molar refractivity (Wildman–Crippen MR) is 68.3 cm³/mol. The molecule has 0 bridgehead atoms. The molecular weight excluding hydrogens is 255 g/mol. The summed E-state index contributed by atoms with van der Waals surface area (Å²) in [7, 11) is 0. The average molecular weight is 265 g/mol. The molecule has 0 spiro atoms. The molecule has 0 atom stereocenters. The molecule has 5 heteroatoms. The summed E-state index contributed by atoms with van der Waals surface area (Å²) in [6, 6.07) is 9.13. The number of aryl methyl sites for hydroxylation is 1. The number of pyridine rings is 1. The Labute approximate surface area is 109 Å². The molecule has 1 N–H and O–H groups in total. The Morgan fingerprint density at radius 2 is 2.11 bits per heavy atom. The molecule has 1 amide bonds. The second kappa shape index (κ2) is 5.14. The molecule has 2 rings (SSSR count). The van der Waals surface area contributed by atoms with Gasteiger partial charge in [0.25, 0.3) is 5.91 Å². The molecule has 1 aromatic heterocycles. The van der Waals surface area contributed by atoms with Crippen LogP contribution in [0.1, 0.15) is 16.2 Å². The molecule has 1 aromatic carbocycles. The van der Waals surface area contributed by atoms with E-state index in [1.54, 1.807) is 25.1 Å². The third kappa shape index (κ3) is 2.84. The van der Waals surface area contributed by atoms with Gasteiger partial charge < -0.3 is 5.32 Å². The fourth-order valence-electron chi connectivity index (χ4n) is 1.44. The number of hydrogen-bond donors (Lipinski definition) is 1. The van der Waals surface area contributed by atoms with E-state index in [-0.39, 0.29) is 10.9 Å². The SMILES string of the molecule is Cc1cccc(C(=O)Nc2ccc(F)c(Cl)c2)n1. The van der Waals surface area contributed by atoms with Crippen LogP contribution >= 0.6 is 11.6 Å². The molecule has 0 aliphatic carbocycles. The first-order valence-corrected chi connectivity index (χ1v) is 5.64. The number of amides is 1. The minimum atomic E-state index is -0.525. The van der Waals surface area contributed by atoms with Crippen LogP contribution in [0.4, 0.5) is 10.1 Å². The van der Waals surface area contributed by atoms with E-state index in [9.17, 15) is 9.18 Å². The Morgan fingerprint density at radius 3 is 2.78 bits per heavy atom. The lowest BCUT2D eigenvalue weighted by Gasteiger charge is -2.05. The lowest BCUT2D eigenvalue weighted by atomic mass is 10.2. The maximum atomic E-state index is 13.0. The number of hydrogen-bond acceptors (Lipinski definition) is 2. The molecule has 2 aromatic rings. The fraction of sp³-hybridized carbons (Fsp3) is 0.0769. The van der Waals surface area contributed by atoms with Crippen molar-refractivity contribution >= 4 is 23.2 Å². The molecule has 3 nitrogen and oxygen atoms in total. The highest BCUT2D eigenvalue weighted by Crippen LogP contribution is 2.19. The standard InChI is InChI=1S/C13H10ClFN2O/c1-8-3-2-4-12(16-8)13(18)17-9-5-6-11(15)10(14)7-9/h2-7H,1H3,(H,17,18). The van der Waals surface area contributed by atoms with Crippen molar-refractivity contribution in [2.24, 2.45) is 0 Å². The van der Waals surface area contributed by atoms with Crippen molar-refractivity contribution in [3.63, 3.8) is 0 Å². The van der Waals surface area contributed by atoms with Crippen molar-refractivity contribution < 1.29 is 9.18 Å². The van der Waals surface area contributed by atoms with Crippen LogP contribution in [0.15, 0.2) is 36.4 Å². The van der Waals surface area contributed by atoms with Crippen LogP contribution in [0.2, 0.25) is 5.02 Å². The van der Waals surface area contributed by atoms with Crippen LogP contribution in [0.5, 0.6) is 0 Å². The van der Waals surface area contributed by atoms with Gasteiger partial charge in [-0.2, -0.15) is 0 Å². The largest absolute Gasteiger partial charge is 0.321 e. The van der Waals surface area contributed by atoms with Crippen LogP contribution < -0.4 is 5.32 Å². The van der Waals surface area contributed by atoms with E-state index in [1.807, 2.05) is 0 Å². The van der Waals surface area contributed by atoms with Crippen LogP contribution in [0.3, 0.4) is 0 Å². The van der Waals surface area contributed by atoms with Gasteiger partial charge in [-0.1, -0.05) is 17.7 Å². The first kappa shape index (κ1) is 12.5. The normalized spacial score (nSPS) is 10.2. The van der Waals surface area contributed by atoms with Gasteiger partial charge in [-0.05, 0) is 37.3 Å². The summed E-state index contributed by atoms with van der Waals surface area (Å²) in [5.74, 6) is -0.885. The molecule has 0 aliphatic rings. The molecule has 0 saturated heterocycles. The highest BCUT2D eigenvalue weighted by atomic mass is 35.5. The number of halogens is 2. The predicted octanol–water partition coefficient (Wildman–Crippen LogP) is 3.43. The zero-order valence-electron chi connectivity index (χ0n) is 9.58. The number of nitrogens with zero attached hydrogens (tertiary/aromatic N) is 1. The number of aromatic nitrogens is 1. The Balaban J connectivity index is 2.18. The third-order valence-electron chi connectivity index (χ3n) is 2.30. The second-order valence-electron chi connectivity index (χ2n) is 3.75. The topological polar surface area (TPSA) is 42.0 Å². The summed E-state index contributed by atoms with van der Waals surface area (Å²) in [6.45, 7) is 1.80. The van der Waals surface area contributed by atoms with Gasteiger partial charge in [0.2, 0.25) is 0 Å². The quantitative estimate of drug-likeness (QED) is 0.903. The van der Waals surface area contributed by atoms with E-state index in [1.165, 1.54) is 18.2 Å². The van der Waals surface area contributed by atoms with Gasteiger partial charge in [0, 0.05) is 11.4 Å². The molecular formula is C13H10ClFN2O. The van der Waals surface area contributed by atoms with Gasteiger partial charge in [0.15, 0.2) is 0 Å². The minimum Gasteiger partial charge on any atom is -0.321 e. The maximum absolute atomic E-state index is 13.0. The van der Waals surface area contributed by atoms with Crippen molar-refractivity contribution in [2.75, 3.05) is 5.32 Å². The van der Waals surface area contributed by atoms with Crippen LogP contribution in [0.25, 0.3) is 0 Å². The second-order valence-corrected chi connectivity index (χ2v) is 4.15. The Bertz CT molecular complexity index is 601. The molecule has 0 aliphatic heterocycles. The minimum absolute atomic E-state index is 0.0370. The molecule has 18 heavy (non-hydrogen) atoms. The van der Waals surface area contributed by atoms with Gasteiger partial charge >= 0.3 is 0 Å². The van der Waals surface area contributed by atoms with E-state index in [0.717, 1.165) is 5.69 Å². The van der Waals surface area contributed by atoms with Gasteiger partial charge in [0.1, 0.15) is 11.5 Å². The van der Waals surface area contributed by atoms with Crippen molar-refractivity contribution in [3.8, 4) is 0 Å². The first-order valence-electron chi connectivity index (χ1n) is 5.26. The summed E-state index contributed by atoms with van der Waals surface area (Å²) < 4.78 is 13.0. The molecule has 1 heterocycles. The maximum Gasteiger partial charge on any atom is 0.274 e. The fourth-order valence-corrected chi connectivity index (χ4v) is 1.62. The Kier molecular flexibility index (Phi) is 3.58. The van der Waals surface area contributed by atoms with Gasteiger partial charge in [0.05, 0.1) is 5.02 Å². The third-order valence-corrected chi connectivity index (χ3v) is 2.59. The van der Waals surface area contributed by atoms with Gasteiger partial charge in [-0.3, -0.25) is 4.79 Å². The van der Waals surface area contributed by atoms with Crippen molar-refractivity contribution in [1.82, 2.24) is 4.98 Å². The molecule has 0 fully saturated rings. The molecule has 0 radical (unpaired) electrons. The molecule has 0 saturated carbocycles. The van der Waals surface area contributed by atoms with Gasteiger partial charge in [-0.15, -0.1) is 0 Å². The lowest BCUT2D eigenvalue weighted by Crippen LogP contribution is -2.14. The summed E-state index contributed by atoms with van der Waals surface area (Å²) in [5, 5.41) is 2.56. The van der Waals surface area contributed by atoms with E-state index in [2.05, 4.69) is 10.3 Å². The summed E-state index contributed by atoms with van der Waals surface area (Å²) in [5.41, 5.74) is 1.48. The summed E-state index contributed by atoms with van der Waals surface area (Å²) >= 11 is 5.63. The van der Waals surface area contributed by atoms with Crippen molar-refractivity contribution in [3.05, 3.63) is 58.6 Å². The van der Waals surface area contributed by atoms with Crippen molar-refractivity contribution in [2.45, 2.75) is 6.92 Å². The number of anilines is 1. The van der Waals surface area contributed by atoms with Gasteiger partial charge in [-0.25, -0.2) is 9.37 Å². The monoisotopic (exact) mass is 264 g/mol. The van der Waals surface area contributed by atoms with Crippen molar-refractivity contribution in [1.29, 1.82) is 0 Å². The number of carbonyl (C=O) groups excluding carboxylic acids is 1. The molecule has 0 unspecified atom stereocenters. The Hall–Kier alpha value is -1.94. The molecule has 92 valence electrons. The Morgan fingerprint density at radius 1 is 1.33 bits per heavy atom. The highest BCUT2D eigenvalue weighted by Gasteiger charge is 2.08. The zero-order chi connectivity index (χ0) is 13.1. The van der Waals surface area contributed by atoms with Crippen LogP contribution in [-0.2, 0) is 0 Å². The number of benzene rings is 1. The van der Waals surface area contributed by atoms with Crippen LogP contribution in [-0.4, -0.2) is 10.9 Å². The zero-order valence-corrected chi connectivity index (χ0v) is 10.3. The highest BCUT2D eigenvalue weighted by molar-refractivity contribution is 6.31. The van der Waals surface area contributed by atoms with E-state index in [4.69, 9.17) is 11.6 Å². The van der Waals surface area contributed by atoms with Crippen LogP contribution in [0, 0.1) is 12.7 Å². The smallest absolute Gasteiger partial charge is 0.274 e. The van der Waals surface area contributed by atoms with E-state index < -0.39 is 5.82 Å². The average Bonchev–Trinajstić information content (AvgIpc) is 2.34. The number of rotatable bonds is 2. The summed E-state index contributed by atoms with van der Waals surface area (Å²) in [4.78, 5) is 15.9. The number of carbonyl (C=O) groups is 1. The number of nitrogens with one attached hydrogen (secondary N) is 1.